The van der Waals surface area contributed by atoms with Crippen molar-refractivity contribution in [2.24, 2.45) is 0 Å². The molecule has 168 valence electrons. The molecule has 0 saturated heterocycles. The molecule has 0 fully saturated rings. The fourth-order valence-corrected chi connectivity index (χ4v) is 3.84. The summed E-state index contributed by atoms with van der Waals surface area (Å²) in [6.45, 7) is 0.213. The van der Waals surface area contributed by atoms with E-state index in [0.717, 1.165) is 22.4 Å². The lowest BCUT2D eigenvalue weighted by Crippen LogP contribution is -2.24. The molecule has 1 aromatic heterocycles. The predicted molar refractivity (Wildman–Crippen MR) is 116 cm³/mol. The number of nitro benzene ring substituents is 1. The van der Waals surface area contributed by atoms with Gasteiger partial charge >= 0.3 is 6.18 Å². The summed E-state index contributed by atoms with van der Waals surface area (Å²) in [5.74, 6) is -0.597. The van der Waals surface area contributed by atoms with Crippen molar-refractivity contribution in [2.45, 2.75) is 30.1 Å². The maximum Gasteiger partial charge on any atom is 0.406 e. The molecular weight excluding hydrogens is 469 g/mol. The fraction of sp³-hybridized carbons (Fsp3) is 0.200. The second kappa shape index (κ2) is 9.61. The maximum absolute atomic E-state index is 13.2. The van der Waals surface area contributed by atoms with Crippen LogP contribution in [0, 0.1) is 10.1 Å². The van der Waals surface area contributed by atoms with Gasteiger partial charge in [0.1, 0.15) is 6.54 Å². The second-order valence-corrected chi connectivity index (χ2v) is 8.38. The van der Waals surface area contributed by atoms with Crippen LogP contribution in [0.2, 0.25) is 5.02 Å². The van der Waals surface area contributed by atoms with Gasteiger partial charge in [0, 0.05) is 12.1 Å². The van der Waals surface area contributed by atoms with Crippen LogP contribution in [0.15, 0.2) is 59.9 Å². The lowest BCUT2D eigenvalue weighted by atomic mass is 10.2. The van der Waals surface area contributed by atoms with Crippen LogP contribution in [0.5, 0.6) is 0 Å². The third-order valence-corrected chi connectivity index (χ3v) is 5.73. The van der Waals surface area contributed by atoms with Crippen LogP contribution in [-0.2, 0) is 11.3 Å². The summed E-state index contributed by atoms with van der Waals surface area (Å²) in [4.78, 5) is 27.0. The van der Waals surface area contributed by atoms with Gasteiger partial charge in [-0.25, -0.2) is 4.98 Å². The van der Waals surface area contributed by atoms with Crippen molar-refractivity contribution in [1.82, 2.24) is 9.55 Å². The van der Waals surface area contributed by atoms with Crippen LogP contribution in [0.4, 0.5) is 24.5 Å². The third-order valence-electron chi connectivity index (χ3n) is 4.30. The van der Waals surface area contributed by atoms with Gasteiger partial charge in [0.05, 0.1) is 32.8 Å². The van der Waals surface area contributed by atoms with E-state index in [4.69, 9.17) is 11.6 Å². The first-order valence-corrected chi connectivity index (χ1v) is 10.4. The number of nitro groups is 1. The molecule has 0 spiro atoms. The first-order valence-electron chi connectivity index (χ1n) is 9.14. The van der Waals surface area contributed by atoms with E-state index < -0.39 is 28.8 Å². The Labute approximate surface area is 189 Å². The summed E-state index contributed by atoms with van der Waals surface area (Å²) in [5, 5.41) is 12.6. The molecule has 0 aliphatic heterocycles. The molecule has 1 N–H and O–H groups in total. The van der Waals surface area contributed by atoms with Crippen molar-refractivity contribution in [3.8, 4) is 11.3 Å². The molecule has 0 radical (unpaired) electrons. The quantitative estimate of drug-likeness (QED) is 0.260. The number of thioether (sulfide) groups is 1. The number of hydrogen-bond donors (Lipinski definition) is 1. The number of benzene rings is 2. The van der Waals surface area contributed by atoms with Crippen LogP contribution in [0.3, 0.4) is 0 Å². The average molecular weight is 485 g/mol. The lowest BCUT2D eigenvalue weighted by molar-refractivity contribution is -0.384. The molecule has 0 aliphatic rings. The maximum atomic E-state index is 13.2. The highest BCUT2D eigenvalue weighted by molar-refractivity contribution is 8.00. The first-order chi connectivity index (χ1) is 15.0. The van der Waals surface area contributed by atoms with E-state index in [-0.39, 0.29) is 27.2 Å². The Kier molecular flexibility index (Phi) is 7.09. The van der Waals surface area contributed by atoms with E-state index in [1.54, 1.807) is 30.3 Å². The molecule has 0 bridgehead atoms. The Morgan fingerprint density at radius 2 is 1.97 bits per heavy atom. The molecule has 0 aliphatic carbocycles. The molecule has 32 heavy (non-hydrogen) atoms. The fourth-order valence-electron chi connectivity index (χ4n) is 2.79. The SMILES string of the molecule is CC(Sc1ncc(-c2ccccc2)n1CC(F)(F)F)C(=O)Nc1cc([N+](=O)[O-])ccc1Cl. The smallest absolute Gasteiger partial charge is 0.324 e. The van der Waals surface area contributed by atoms with Gasteiger partial charge in [0.15, 0.2) is 5.16 Å². The highest BCUT2D eigenvalue weighted by atomic mass is 35.5. The third kappa shape index (κ3) is 5.80. The highest BCUT2D eigenvalue weighted by Crippen LogP contribution is 2.33. The highest BCUT2D eigenvalue weighted by Gasteiger charge is 2.31. The van der Waals surface area contributed by atoms with Crippen LogP contribution in [0.25, 0.3) is 11.3 Å². The lowest BCUT2D eigenvalue weighted by Gasteiger charge is -2.16. The number of nitrogens with one attached hydrogen (secondary N) is 1. The summed E-state index contributed by atoms with van der Waals surface area (Å²) in [7, 11) is 0. The molecule has 3 rings (SSSR count). The van der Waals surface area contributed by atoms with Gasteiger partial charge in [-0.15, -0.1) is 0 Å². The van der Waals surface area contributed by atoms with Gasteiger partial charge in [-0.3, -0.25) is 14.9 Å². The number of alkyl halides is 3. The Morgan fingerprint density at radius 3 is 2.59 bits per heavy atom. The largest absolute Gasteiger partial charge is 0.406 e. The standard InChI is InChI=1S/C20H16ClF3N4O3S/c1-12(18(29)26-16-9-14(28(30)31)7-8-15(16)21)32-19-25-10-17(13-5-3-2-4-6-13)27(19)11-20(22,23)24/h2-10,12H,11H2,1H3,(H,26,29). The number of nitrogens with zero attached hydrogens (tertiary/aromatic N) is 3. The first kappa shape index (κ1) is 23.6. The minimum Gasteiger partial charge on any atom is -0.324 e. The number of amides is 1. The van der Waals surface area contributed by atoms with Gasteiger partial charge in [-0.05, 0) is 18.6 Å². The molecule has 2 aromatic carbocycles. The number of halogens is 4. The van der Waals surface area contributed by atoms with Crippen molar-refractivity contribution >= 4 is 40.6 Å². The molecule has 1 amide bonds. The van der Waals surface area contributed by atoms with Crippen molar-refractivity contribution in [3.63, 3.8) is 0 Å². The Morgan fingerprint density at radius 1 is 1.28 bits per heavy atom. The predicted octanol–water partition coefficient (Wildman–Crippen LogP) is 5.79. The topological polar surface area (TPSA) is 90.1 Å². The average Bonchev–Trinajstić information content (AvgIpc) is 3.10. The van der Waals surface area contributed by atoms with Crippen LogP contribution >= 0.6 is 23.4 Å². The van der Waals surface area contributed by atoms with Gasteiger partial charge in [0.2, 0.25) is 5.91 Å². The summed E-state index contributed by atoms with van der Waals surface area (Å²) < 4.78 is 40.7. The van der Waals surface area contributed by atoms with E-state index in [9.17, 15) is 28.1 Å². The number of carbonyl (C=O) groups excluding carboxylic acids is 1. The number of imidazole rings is 1. The number of non-ortho nitro benzene ring substituents is 1. The molecule has 1 atom stereocenters. The van der Waals surface area contributed by atoms with Crippen molar-refractivity contribution < 1.29 is 22.9 Å². The zero-order valence-electron chi connectivity index (χ0n) is 16.5. The van der Waals surface area contributed by atoms with Gasteiger partial charge in [-0.2, -0.15) is 13.2 Å². The van der Waals surface area contributed by atoms with Gasteiger partial charge in [0.25, 0.3) is 5.69 Å². The summed E-state index contributed by atoms with van der Waals surface area (Å²) >= 11 is 6.83. The van der Waals surface area contributed by atoms with E-state index >= 15 is 0 Å². The molecule has 7 nitrogen and oxygen atoms in total. The second-order valence-electron chi connectivity index (χ2n) is 6.66. The van der Waals surface area contributed by atoms with Crippen LogP contribution < -0.4 is 5.32 Å². The van der Waals surface area contributed by atoms with Gasteiger partial charge < -0.3 is 9.88 Å². The minimum absolute atomic E-state index is 0.00830. The minimum atomic E-state index is -4.50. The zero-order chi connectivity index (χ0) is 23.5. The van der Waals surface area contributed by atoms with E-state index in [1.165, 1.54) is 25.3 Å². The number of carbonyl (C=O) groups is 1. The summed E-state index contributed by atoms with van der Waals surface area (Å²) in [6, 6.07) is 12.0. The van der Waals surface area contributed by atoms with Crippen molar-refractivity contribution in [1.29, 1.82) is 0 Å². The molecule has 1 unspecified atom stereocenters. The number of hydrogen-bond acceptors (Lipinski definition) is 5. The summed E-state index contributed by atoms with van der Waals surface area (Å²) in [5.41, 5.74) is 0.580. The molecule has 0 saturated carbocycles. The zero-order valence-corrected chi connectivity index (χ0v) is 18.0. The Bertz CT molecular complexity index is 1140. The molecule has 12 heteroatoms. The normalized spacial score (nSPS) is 12.4. The molecule has 1 heterocycles. The molecular formula is C20H16ClF3N4O3S. The summed E-state index contributed by atoms with van der Waals surface area (Å²) in [6.07, 6.45) is -3.17. The Balaban J connectivity index is 1.83. The van der Waals surface area contributed by atoms with Crippen molar-refractivity contribution in [2.75, 3.05) is 5.32 Å². The van der Waals surface area contributed by atoms with Gasteiger partial charge in [-0.1, -0.05) is 53.7 Å². The molecule has 3 aromatic rings. The number of rotatable bonds is 7. The number of aromatic nitrogens is 2. The van der Waals surface area contributed by atoms with E-state index in [1.807, 2.05) is 0 Å². The Hall–Kier alpha value is -3.05. The monoisotopic (exact) mass is 484 g/mol. The van der Waals surface area contributed by atoms with Crippen LogP contribution in [-0.4, -0.2) is 31.8 Å². The van der Waals surface area contributed by atoms with E-state index in [0.29, 0.717) is 5.56 Å². The number of anilines is 1. The van der Waals surface area contributed by atoms with E-state index in [2.05, 4.69) is 10.3 Å². The van der Waals surface area contributed by atoms with Crippen LogP contribution in [0.1, 0.15) is 6.92 Å². The van der Waals surface area contributed by atoms with Crippen molar-refractivity contribution in [3.05, 3.63) is 69.9 Å².